The predicted octanol–water partition coefficient (Wildman–Crippen LogP) is 2.76. The van der Waals surface area contributed by atoms with Crippen LogP contribution < -0.4 is 5.32 Å². The molecule has 2 heterocycles. The van der Waals surface area contributed by atoms with Gasteiger partial charge in [0.25, 0.3) is 5.91 Å². The molecule has 1 aliphatic rings. The van der Waals surface area contributed by atoms with E-state index < -0.39 is 0 Å². The first-order chi connectivity index (χ1) is 7.75. The summed E-state index contributed by atoms with van der Waals surface area (Å²) in [4.78, 5) is 11.9. The Morgan fingerprint density at radius 3 is 2.88 bits per heavy atom. The van der Waals surface area contributed by atoms with Crippen molar-refractivity contribution in [3.05, 3.63) is 52.8 Å². The van der Waals surface area contributed by atoms with E-state index in [2.05, 4.69) is 5.32 Å². The predicted molar refractivity (Wildman–Crippen MR) is 62.9 cm³/mol. The van der Waals surface area contributed by atoms with Gasteiger partial charge in [0, 0.05) is 5.69 Å². The number of para-hydroxylation sites is 1. The Morgan fingerprint density at radius 1 is 1.19 bits per heavy atom. The standard InChI is InChI=1S/C12H9ClN2O/c13-11-6-5-10-12(16)14-9-4-2-1-3-8(9)7-15(10)11/h1-6H,7H2,(H,14,16). The summed E-state index contributed by atoms with van der Waals surface area (Å²) >= 11 is 6.05. The molecule has 0 radical (unpaired) electrons. The van der Waals surface area contributed by atoms with Crippen molar-refractivity contribution in [2.75, 3.05) is 5.32 Å². The number of carbonyl (C=O) groups is 1. The highest BCUT2D eigenvalue weighted by Crippen LogP contribution is 2.25. The Labute approximate surface area is 97.6 Å². The van der Waals surface area contributed by atoms with Gasteiger partial charge in [-0.2, -0.15) is 0 Å². The Bertz CT molecular complexity index is 574. The van der Waals surface area contributed by atoms with Crippen LogP contribution in [0.4, 0.5) is 5.69 Å². The molecule has 0 saturated heterocycles. The third-order valence-electron chi connectivity index (χ3n) is 2.75. The second-order valence-corrected chi connectivity index (χ2v) is 4.13. The Hall–Kier alpha value is -1.74. The molecule has 0 aliphatic carbocycles. The van der Waals surface area contributed by atoms with Crippen molar-refractivity contribution in [1.29, 1.82) is 0 Å². The lowest BCUT2D eigenvalue weighted by Crippen LogP contribution is -2.13. The van der Waals surface area contributed by atoms with Gasteiger partial charge in [0.05, 0.1) is 6.54 Å². The first-order valence-corrected chi connectivity index (χ1v) is 5.38. The number of nitrogens with zero attached hydrogens (tertiary/aromatic N) is 1. The lowest BCUT2D eigenvalue weighted by Gasteiger charge is -2.06. The molecule has 1 aromatic carbocycles. The average molecular weight is 233 g/mol. The number of aromatic nitrogens is 1. The van der Waals surface area contributed by atoms with Crippen LogP contribution in [0.5, 0.6) is 0 Å². The molecular weight excluding hydrogens is 224 g/mol. The monoisotopic (exact) mass is 232 g/mol. The van der Waals surface area contributed by atoms with E-state index in [4.69, 9.17) is 11.6 Å². The lowest BCUT2D eigenvalue weighted by molar-refractivity contribution is 0.102. The third kappa shape index (κ3) is 1.32. The molecule has 3 nitrogen and oxygen atoms in total. The van der Waals surface area contributed by atoms with Crippen LogP contribution in [0.3, 0.4) is 0 Å². The van der Waals surface area contributed by atoms with Gasteiger partial charge in [0.15, 0.2) is 0 Å². The van der Waals surface area contributed by atoms with Crippen LogP contribution >= 0.6 is 11.6 Å². The molecule has 80 valence electrons. The van der Waals surface area contributed by atoms with Crippen LogP contribution in [-0.4, -0.2) is 10.5 Å². The average Bonchev–Trinajstić information content (AvgIpc) is 2.57. The molecule has 1 amide bonds. The molecule has 0 bridgehead atoms. The summed E-state index contributed by atoms with van der Waals surface area (Å²) in [5.74, 6) is -0.114. The number of benzene rings is 1. The van der Waals surface area contributed by atoms with Crippen molar-refractivity contribution < 1.29 is 4.79 Å². The molecule has 0 atom stereocenters. The maximum absolute atomic E-state index is 11.9. The van der Waals surface area contributed by atoms with Gasteiger partial charge in [-0.25, -0.2) is 0 Å². The number of hydrogen-bond donors (Lipinski definition) is 1. The summed E-state index contributed by atoms with van der Waals surface area (Å²) in [6.45, 7) is 0.621. The summed E-state index contributed by atoms with van der Waals surface area (Å²) in [5.41, 5.74) is 2.51. The van der Waals surface area contributed by atoms with Crippen LogP contribution in [0.15, 0.2) is 36.4 Å². The van der Waals surface area contributed by atoms with Gasteiger partial charge >= 0.3 is 0 Å². The minimum absolute atomic E-state index is 0.114. The summed E-state index contributed by atoms with van der Waals surface area (Å²) in [6.07, 6.45) is 0. The maximum atomic E-state index is 11.9. The number of anilines is 1. The molecule has 0 unspecified atom stereocenters. The van der Waals surface area contributed by atoms with E-state index in [-0.39, 0.29) is 5.91 Å². The number of amides is 1. The second-order valence-electron chi connectivity index (χ2n) is 3.74. The Balaban J connectivity index is 2.20. The summed E-state index contributed by atoms with van der Waals surface area (Å²) in [6, 6.07) is 11.2. The number of nitrogens with one attached hydrogen (secondary N) is 1. The van der Waals surface area contributed by atoms with Gasteiger partial charge in [-0.05, 0) is 23.8 Å². The van der Waals surface area contributed by atoms with Crippen LogP contribution in [0.1, 0.15) is 16.1 Å². The summed E-state index contributed by atoms with van der Waals surface area (Å²) in [5, 5.41) is 3.46. The van der Waals surface area contributed by atoms with E-state index in [0.29, 0.717) is 17.4 Å². The van der Waals surface area contributed by atoms with Gasteiger partial charge in [0.1, 0.15) is 10.8 Å². The van der Waals surface area contributed by atoms with Crippen molar-refractivity contribution in [2.24, 2.45) is 0 Å². The molecule has 1 aromatic heterocycles. The second kappa shape index (κ2) is 3.39. The van der Waals surface area contributed by atoms with E-state index >= 15 is 0 Å². The van der Waals surface area contributed by atoms with Crippen molar-refractivity contribution >= 4 is 23.2 Å². The fraction of sp³-hybridized carbons (Fsp3) is 0.0833. The molecule has 1 N–H and O–H groups in total. The van der Waals surface area contributed by atoms with E-state index in [1.807, 2.05) is 28.8 Å². The fourth-order valence-electron chi connectivity index (χ4n) is 1.94. The zero-order chi connectivity index (χ0) is 11.1. The largest absolute Gasteiger partial charge is 0.323 e. The highest BCUT2D eigenvalue weighted by atomic mass is 35.5. The highest BCUT2D eigenvalue weighted by molar-refractivity contribution is 6.30. The Morgan fingerprint density at radius 2 is 2.00 bits per heavy atom. The first-order valence-electron chi connectivity index (χ1n) is 5.00. The summed E-state index contributed by atoms with van der Waals surface area (Å²) in [7, 11) is 0. The molecular formula is C12H9ClN2O. The minimum atomic E-state index is -0.114. The molecule has 16 heavy (non-hydrogen) atoms. The SMILES string of the molecule is O=C1Nc2ccccc2Cn2c(Cl)ccc21. The smallest absolute Gasteiger partial charge is 0.272 e. The van der Waals surface area contributed by atoms with Crippen molar-refractivity contribution in [3.63, 3.8) is 0 Å². The normalized spacial score (nSPS) is 13.7. The molecule has 3 rings (SSSR count). The quantitative estimate of drug-likeness (QED) is 0.745. The topological polar surface area (TPSA) is 34.0 Å². The first kappa shape index (κ1) is 9.48. The number of halogens is 1. The minimum Gasteiger partial charge on any atom is -0.323 e. The molecule has 1 aliphatic heterocycles. The van der Waals surface area contributed by atoms with Crippen molar-refractivity contribution in [3.8, 4) is 0 Å². The lowest BCUT2D eigenvalue weighted by atomic mass is 10.2. The van der Waals surface area contributed by atoms with Crippen LogP contribution in [0.2, 0.25) is 5.15 Å². The third-order valence-corrected chi connectivity index (χ3v) is 3.08. The summed E-state index contributed by atoms with van der Waals surface area (Å²) < 4.78 is 1.81. The fourth-order valence-corrected chi connectivity index (χ4v) is 2.15. The Kier molecular flexibility index (Phi) is 2.01. The van der Waals surface area contributed by atoms with E-state index in [9.17, 15) is 4.79 Å². The van der Waals surface area contributed by atoms with Gasteiger partial charge in [-0.15, -0.1) is 0 Å². The molecule has 0 spiro atoms. The van der Waals surface area contributed by atoms with Crippen molar-refractivity contribution in [2.45, 2.75) is 6.54 Å². The van der Waals surface area contributed by atoms with E-state index in [0.717, 1.165) is 11.3 Å². The maximum Gasteiger partial charge on any atom is 0.272 e. The molecule has 4 heteroatoms. The zero-order valence-corrected chi connectivity index (χ0v) is 9.16. The van der Waals surface area contributed by atoms with Crippen LogP contribution in [-0.2, 0) is 6.54 Å². The number of hydrogen-bond acceptors (Lipinski definition) is 1. The van der Waals surface area contributed by atoms with E-state index in [1.165, 1.54) is 0 Å². The number of fused-ring (bicyclic) bond motifs is 2. The highest BCUT2D eigenvalue weighted by Gasteiger charge is 2.19. The van der Waals surface area contributed by atoms with Gasteiger partial charge in [-0.3, -0.25) is 4.79 Å². The molecule has 0 saturated carbocycles. The van der Waals surface area contributed by atoms with Crippen LogP contribution in [0.25, 0.3) is 0 Å². The number of rotatable bonds is 0. The van der Waals surface area contributed by atoms with Crippen molar-refractivity contribution in [1.82, 2.24) is 4.57 Å². The van der Waals surface area contributed by atoms with Crippen LogP contribution in [0, 0.1) is 0 Å². The van der Waals surface area contributed by atoms with E-state index in [1.54, 1.807) is 12.1 Å². The van der Waals surface area contributed by atoms with Gasteiger partial charge in [0.2, 0.25) is 0 Å². The number of carbonyl (C=O) groups excluding carboxylic acids is 1. The molecule has 2 aromatic rings. The molecule has 0 fully saturated rings. The van der Waals surface area contributed by atoms with Gasteiger partial charge < -0.3 is 9.88 Å². The zero-order valence-electron chi connectivity index (χ0n) is 8.40. The van der Waals surface area contributed by atoms with Gasteiger partial charge in [-0.1, -0.05) is 29.8 Å².